The van der Waals surface area contributed by atoms with Gasteiger partial charge in [0.2, 0.25) is 0 Å². The molecular formula is C13H18O3. The topological polar surface area (TPSA) is 38.7 Å². The van der Waals surface area contributed by atoms with Gasteiger partial charge in [-0.25, -0.2) is 0 Å². The summed E-state index contributed by atoms with van der Waals surface area (Å²) >= 11 is 0. The van der Waals surface area contributed by atoms with E-state index in [-0.39, 0.29) is 6.10 Å². The molecule has 0 amide bonds. The largest absolute Gasteiger partial charge is 0.493 e. The molecule has 0 spiro atoms. The molecular weight excluding hydrogens is 204 g/mol. The first kappa shape index (κ1) is 11.4. The first-order valence-corrected chi connectivity index (χ1v) is 5.72. The molecule has 1 aromatic rings. The van der Waals surface area contributed by atoms with E-state index < -0.39 is 6.10 Å². The Morgan fingerprint density at radius 2 is 2.25 bits per heavy atom. The highest BCUT2D eigenvalue weighted by molar-refractivity contribution is 5.40. The Bertz CT molecular complexity index is 360. The van der Waals surface area contributed by atoms with Crippen molar-refractivity contribution in [3.63, 3.8) is 0 Å². The van der Waals surface area contributed by atoms with Crippen LogP contribution in [0.1, 0.15) is 31.1 Å². The fraction of sp³-hybridized carbons (Fsp3) is 0.538. The van der Waals surface area contributed by atoms with Gasteiger partial charge in [-0.2, -0.15) is 0 Å². The first-order valence-electron chi connectivity index (χ1n) is 5.72. The van der Waals surface area contributed by atoms with Gasteiger partial charge in [0.15, 0.2) is 0 Å². The summed E-state index contributed by atoms with van der Waals surface area (Å²) in [7, 11) is 0. The highest BCUT2D eigenvalue weighted by Gasteiger charge is 2.15. The monoisotopic (exact) mass is 222 g/mol. The zero-order valence-electron chi connectivity index (χ0n) is 9.77. The van der Waals surface area contributed by atoms with E-state index in [9.17, 15) is 5.11 Å². The fourth-order valence-electron chi connectivity index (χ4n) is 1.79. The number of aliphatic hydroxyl groups excluding tert-OH is 1. The van der Waals surface area contributed by atoms with E-state index in [1.54, 1.807) is 0 Å². The molecule has 3 heteroatoms. The van der Waals surface area contributed by atoms with Crippen molar-refractivity contribution in [1.82, 2.24) is 0 Å². The van der Waals surface area contributed by atoms with E-state index in [1.165, 1.54) is 5.56 Å². The Labute approximate surface area is 96.0 Å². The summed E-state index contributed by atoms with van der Waals surface area (Å²) in [6.07, 6.45) is 0.529. The Balaban J connectivity index is 2.03. The minimum Gasteiger partial charge on any atom is -0.493 e. The highest BCUT2D eigenvalue weighted by atomic mass is 16.5. The third-order valence-corrected chi connectivity index (χ3v) is 2.69. The minimum absolute atomic E-state index is 0.146. The summed E-state index contributed by atoms with van der Waals surface area (Å²) in [5.41, 5.74) is 2.09. The van der Waals surface area contributed by atoms with Gasteiger partial charge in [0.25, 0.3) is 0 Å². The molecule has 0 fully saturated rings. The second kappa shape index (κ2) is 4.85. The summed E-state index contributed by atoms with van der Waals surface area (Å²) in [6, 6.07) is 5.84. The van der Waals surface area contributed by atoms with Crippen LogP contribution in [0.4, 0.5) is 0 Å². The molecule has 1 N–H and O–H groups in total. The molecule has 3 nitrogen and oxygen atoms in total. The number of hydrogen-bond donors (Lipinski definition) is 1. The van der Waals surface area contributed by atoms with Crippen LogP contribution < -0.4 is 4.74 Å². The number of hydrogen-bond acceptors (Lipinski definition) is 3. The summed E-state index contributed by atoms with van der Waals surface area (Å²) in [6.45, 7) is 5.02. The molecule has 16 heavy (non-hydrogen) atoms. The Hall–Kier alpha value is -1.06. The lowest BCUT2D eigenvalue weighted by Gasteiger charge is -2.14. The molecule has 1 unspecified atom stereocenters. The smallest absolute Gasteiger partial charge is 0.122 e. The predicted octanol–water partition coefficient (Wildman–Crippen LogP) is 2.08. The number of aliphatic hydroxyl groups is 1. The Morgan fingerprint density at radius 1 is 1.44 bits per heavy atom. The van der Waals surface area contributed by atoms with Gasteiger partial charge in [0.05, 0.1) is 19.3 Å². The second-order valence-electron chi connectivity index (χ2n) is 4.36. The average Bonchev–Trinajstić information content (AvgIpc) is 2.72. The molecule has 0 radical (unpaired) electrons. The Morgan fingerprint density at radius 3 is 3.00 bits per heavy atom. The van der Waals surface area contributed by atoms with Gasteiger partial charge in [-0.3, -0.25) is 0 Å². The van der Waals surface area contributed by atoms with E-state index >= 15 is 0 Å². The van der Waals surface area contributed by atoms with Gasteiger partial charge in [-0.05, 0) is 37.1 Å². The molecule has 1 heterocycles. The lowest BCUT2D eigenvalue weighted by Crippen LogP contribution is -2.11. The molecule has 0 aliphatic carbocycles. The second-order valence-corrected chi connectivity index (χ2v) is 4.36. The van der Waals surface area contributed by atoms with Gasteiger partial charge < -0.3 is 14.6 Å². The molecule has 0 saturated carbocycles. The van der Waals surface area contributed by atoms with Crippen LogP contribution in [0.3, 0.4) is 0 Å². The van der Waals surface area contributed by atoms with Crippen molar-refractivity contribution in [1.29, 1.82) is 0 Å². The third kappa shape index (κ3) is 2.54. The molecule has 0 saturated heterocycles. The molecule has 1 aliphatic heterocycles. The van der Waals surface area contributed by atoms with Crippen LogP contribution in [-0.2, 0) is 11.2 Å². The quantitative estimate of drug-likeness (QED) is 0.847. The van der Waals surface area contributed by atoms with Crippen LogP contribution in [-0.4, -0.2) is 24.4 Å². The van der Waals surface area contributed by atoms with Crippen molar-refractivity contribution in [2.24, 2.45) is 0 Å². The van der Waals surface area contributed by atoms with Gasteiger partial charge in [-0.15, -0.1) is 0 Å². The number of benzene rings is 1. The van der Waals surface area contributed by atoms with Crippen LogP contribution in [0.25, 0.3) is 0 Å². The summed E-state index contributed by atoms with van der Waals surface area (Å²) in [5.74, 6) is 0.945. The maximum absolute atomic E-state index is 9.93. The van der Waals surface area contributed by atoms with Gasteiger partial charge in [0.1, 0.15) is 11.9 Å². The Kier molecular flexibility index (Phi) is 3.46. The summed E-state index contributed by atoms with van der Waals surface area (Å²) in [4.78, 5) is 0. The van der Waals surface area contributed by atoms with Crippen molar-refractivity contribution < 1.29 is 14.6 Å². The van der Waals surface area contributed by atoms with E-state index in [4.69, 9.17) is 9.47 Å². The molecule has 1 aromatic carbocycles. The standard InChI is InChI=1S/C13H18O3/c1-9(2)16-8-12(14)10-3-4-13-11(7-10)5-6-15-13/h3-4,7,9,12,14H,5-6,8H2,1-2H3. The first-order chi connectivity index (χ1) is 7.66. The van der Waals surface area contributed by atoms with Crippen molar-refractivity contribution in [2.75, 3.05) is 13.2 Å². The average molecular weight is 222 g/mol. The van der Waals surface area contributed by atoms with E-state index in [1.807, 2.05) is 32.0 Å². The number of ether oxygens (including phenoxy) is 2. The van der Waals surface area contributed by atoms with E-state index in [2.05, 4.69) is 0 Å². The van der Waals surface area contributed by atoms with Gasteiger partial charge in [0, 0.05) is 6.42 Å². The third-order valence-electron chi connectivity index (χ3n) is 2.69. The normalized spacial score (nSPS) is 16.0. The van der Waals surface area contributed by atoms with Gasteiger partial charge >= 0.3 is 0 Å². The van der Waals surface area contributed by atoms with Crippen molar-refractivity contribution in [3.8, 4) is 5.75 Å². The SMILES string of the molecule is CC(C)OCC(O)c1ccc2c(c1)CCO2. The van der Waals surface area contributed by atoms with Crippen LogP contribution in [0.15, 0.2) is 18.2 Å². The summed E-state index contributed by atoms with van der Waals surface area (Å²) < 4.78 is 10.8. The van der Waals surface area contributed by atoms with Crippen LogP contribution in [0, 0.1) is 0 Å². The van der Waals surface area contributed by atoms with Crippen molar-refractivity contribution in [2.45, 2.75) is 32.5 Å². The van der Waals surface area contributed by atoms with Gasteiger partial charge in [-0.1, -0.05) is 6.07 Å². The number of fused-ring (bicyclic) bond motifs is 1. The zero-order valence-corrected chi connectivity index (χ0v) is 9.77. The lowest BCUT2D eigenvalue weighted by atomic mass is 10.0. The zero-order chi connectivity index (χ0) is 11.5. The predicted molar refractivity (Wildman–Crippen MR) is 61.7 cm³/mol. The molecule has 0 aromatic heterocycles. The molecule has 1 atom stereocenters. The molecule has 2 rings (SSSR count). The van der Waals surface area contributed by atoms with Crippen LogP contribution >= 0.6 is 0 Å². The molecule has 1 aliphatic rings. The van der Waals surface area contributed by atoms with Crippen molar-refractivity contribution in [3.05, 3.63) is 29.3 Å². The minimum atomic E-state index is -0.548. The highest BCUT2D eigenvalue weighted by Crippen LogP contribution is 2.28. The lowest BCUT2D eigenvalue weighted by molar-refractivity contribution is 0.00491. The van der Waals surface area contributed by atoms with Crippen LogP contribution in [0.5, 0.6) is 5.75 Å². The number of rotatable bonds is 4. The maximum Gasteiger partial charge on any atom is 0.122 e. The fourth-order valence-corrected chi connectivity index (χ4v) is 1.79. The van der Waals surface area contributed by atoms with Crippen molar-refractivity contribution >= 4 is 0 Å². The maximum atomic E-state index is 9.93. The summed E-state index contributed by atoms with van der Waals surface area (Å²) in [5, 5.41) is 9.93. The van der Waals surface area contributed by atoms with E-state index in [0.29, 0.717) is 6.61 Å². The van der Waals surface area contributed by atoms with E-state index in [0.717, 1.165) is 24.3 Å². The molecule has 0 bridgehead atoms. The van der Waals surface area contributed by atoms with Crippen LogP contribution in [0.2, 0.25) is 0 Å². The molecule has 88 valence electrons.